The van der Waals surface area contributed by atoms with Crippen molar-refractivity contribution in [3.63, 3.8) is 0 Å². The molecule has 0 N–H and O–H groups in total. The highest BCUT2D eigenvalue weighted by molar-refractivity contribution is 7.92. The highest BCUT2D eigenvalue weighted by atomic mass is 35.5. The monoisotopic (exact) mass is 525 g/mol. The minimum Gasteiger partial charge on any atom is -0.355 e. The van der Waals surface area contributed by atoms with Gasteiger partial charge in [-0.2, -0.15) is 9.40 Å². The number of carbonyl (C=O) groups excluding carboxylic acids is 1. The molecule has 1 amide bonds. The van der Waals surface area contributed by atoms with Crippen LogP contribution in [0.5, 0.6) is 0 Å². The van der Waals surface area contributed by atoms with Crippen molar-refractivity contribution in [3.8, 4) is 0 Å². The lowest BCUT2D eigenvalue weighted by Gasteiger charge is -2.41. The first-order valence-corrected chi connectivity index (χ1v) is 13.8. The number of hydrogen-bond acceptors (Lipinski definition) is 7. The largest absolute Gasteiger partial charge is 0.355 e. The average Bonchev–Trinajstić information content (AvgIpc) is 3.22. The predicted molar refractivity (Wildman–Crippen MR) is 134 cm³/mol. The number of carbonyl (C=O) groups is 1. The Hall–Kier alpha value is -2.21. The van der Waals surface area contributed by atoms with Crippen LogP contribution in [0.2, 0.25) is 4.34 Å². The van der Waals surface area contributed by atoms with Crippen LogP contribution in [0, 0.1) is 5.92 Å². The van der Waals surface area contributed by atoms with Crippen LogP contribution in [0.3, 0.4) is 0 Å². The molecular weight excluding hydrogens is 498 g/mol. The molecule has 0 aromatic carbocycles. The first-order valence-electron chi connectivity index (χ1n) is 11.1. The third kappa shape index (κ3) is 5.70. The molecule has 0 aliphatic carbocycles. The third-order valence-corrected chi connectivity index (χ3v) is 9.00. The molecule has 0 bridgehead atoms. The van der Waals surface area contributed by atoms with E-state index in [1.807, 2.05) is 11.8 Å². The van der Waals surface area contributed by atoms with Crippen LogP contribution < -0.4 is 10.5 Å². The summed E-state index contributed by atoms with van der Waals surface area (Å²) in [5.41, 5.74) is -0.140. The Kier molecular flexibility index (Phi) is 7.46. The standard InChI is InChI=1S/C22H28ClN5O4S2/c1-16-13-27(34(31,32)12-9-18-3-4-19(23)33-18)15-22(30)28(16)14-17-7-10-26(11-8-17)20-5-6-21(29)25(2)24-20/h3-6,9,12,16-17H,7-8,10-11,13-15H2,1-2H3/b12-9+/t16-/m0/s1. The zero-order chi connectivity index (χ0) is 24.5. The molecule has 2 fully saturated rings. The number of aromatic nitrogens is 2. The SMILES string of the molecule is C[C@H]1CN(S(=O)(=O)/C=C/c2ccc(Cl)s2)CC(=O)N1CC1CCN(c2ccc(=O)n(C)n2)CC1. The molecule has 12 heteroatoms. The van der Waals surface area contributed by atoms with Gasteiger partial charge in [-0.15, -0.1) is 11.3 Å². The molecule has 2 aliphatic rings. The topological polar surface area (TPSA) is 95.8 Å². The van der Waals surface area contributed by atoms with Crippen molar-refractivity contribution in [2.75, 3.05) is 37.6 Å². The fourth-order valence-corrected chi connectivity index (χ4v) is 6.61. The van der Waals surface area contributed by atoms with E-state index in [1.165, 1.54) is 32.5 Å². The van der Waals surface area contributed by atoms with Gasteiger partial charge < -0.3 is 9.80 Å². The van der Waals surface area contributed by atoms with Crippen molar-refractivity contribution in [2.24, 2.45) is 13.0 Å². The van der Waals surface area contributed by atoms with E-state index in [2.05, 4.69) is 10.00 Å². The van der Waals surface area contributed by atoms with E-state index in [1.54, 1.807) is 25.2 Å². The zero-order valence-corrected chi connectivity index (χ0v) is 21.5. The van der Waals surface area contributed by atoms with Gasteiger partial charge in [-0.05, 0) is 50.0 Å². The van der Waals surface area contributed by atoms with Crippen molar-refractivity contribution in [3.05, 3.63) is 49.2 Å². The average molecular weight is 526 g/mol. The van der Waals surface area contributed by atoms with Crippen molar-refractivity contribution < 1.29 is 13.2 Å². The smallest absolute Gasteiger partial charge is 0.266 e. The number of nitrogens with zero attached hydrogens (tertiary/aromatic N) is 5. The van der Waals surface area contributed by atoms with E-state index in [0.717, 1.165) is 42.0 Å². The summed E-state index contributed by atoms with van der Waals surface area (Å²) >= 11 is 7.19. The Morgan fingerprint density at radius 2 is 1.91 bits per heavy atom. The van der Waals surface area contributed by atoms with Gasteiger partial charge in [0.1, 0.15) is 5.82 Å². The normalized spacial score (nSPS) is 21.0. The van der Waals surface area contributed by atoms with Crippen molar-refractivity contribution in [1.29, 1.82) is 0 Å². The molecular formula is C22H28ClN5O4S2. The lowest BCUT2D eigenvalue weighted by atomic mass is 9.95. The molecule has 2 aromatic rings. The van der Waals surface area contributed by atoms with Crippen molar-refractivity contribution in [2.45, 2.75) is 25.8 Å². The van der Waals surface area contributed by atoms with E-state index >= 15 is 0 Å². The first-order chi connectivity index (χ1) is 16.1. The Balaban J connectivity index is 1.32. The molecule has 0 unspecified atom stereocenters. The Morgan fingerprint density at radius 3 is 2.53 bits per heavy atom. The molecule has 0 saturated carbocycles. The summed E-state index contributed by atoms with van der Waals surface area (Å²) in [6.45, 7) is 4.22. The highest BCUT2D eigenvalue weighted by Crippen LogP contribution is 2.26. The van der Waals surface area contributed by atoms with Crippen LogP contribution in [0.25, 0.3) is 6.08 Å². The maximum absolute atomic E-state index is 12.9. The van der Waals surface area contributed by atoms with Gasteiger partial charge in [0.2, 0.25) is 15.9 Å². The molecule has 4 rings (SSSR count). The van der Waals surface area contributed by atoms with Gasteiger partial charge in [-0.1, -0.05) is 11.6 Å². The molecule has 1 atom stereocenters. The maximum atomic E-state index is 12.9. The van der Waals surface area contributed by atoms with Crippen LogP contribution in [-0.4, -0.2) is 72.1 Å². The lowest BCUT2D eigenvalue weighted by molar-refractivity contribution is -0.137. The van der Waals surface area contributed by atoms with E-state index in [4.69, 9.17) is 11.6 Å². The predicted octanol–water partition coefficient (Wildman–Crippen LogP) is 2.25. The van der Waals surface area contributed by atoms with Gasteiger partial charge in [0.05, 0.1) is 10.9 Å². The maximum Gasteiger partial charge on any atom is 0.266 e. The molecule has 2 saturated heterocycles. The first kappa shape index (κ1) is 24.9. The zero-order valence-electron chi connectivity index (χ0n) is 19.1. The molecule has 4 heterocycles. The van der Waals surface area contributed by atoms with Crippen molar-refractivity contribution >= 4 is 50.8 Å². The Bertz CT molecular complexity index is 1230. The second-order valence-corrected chi connectivity index (χ2v) is 12.3. The quantitative estimate of drug-likeness (QED) is 0.574. The number of sulfonamides is 1. The Labute approximate surface area is 208 Å². The fraction of sp³-hybridized carbons (Fsp3) is 0.500. The van der Waals surface area contributed by atoms with E-state index < -0.39 is 10.0 Å². The summed E-state index contributed by atoms with van der Waals surface area (Å²) in [4.78, 5) is 29.2. The lowest BCUT2D eigenvalue weighted by Crippen LogP contribution is -2.57. The van der Waals surface area contributed by atoms with Crippen molar-refractivity contribution in [1.82, 2.24) is 19.0 Å². The summed E-state index contributed by atoms with van der Waals surface area (Å²) in [6.07, 6.45) is 3.31. The summed E-state index contributed by atoms with van der Waals surface area (Å²) in [7, 11) is -2.07. The number of amides is 1. The fourth-order valence-electron chi connectivity index (χ4n) is 4.36. The highest BCUT2D eigenvalue weighted by Gasteiger charge is 2.36. The summed E-state index contributed by atoms with van der Waals surface area (Å²) in [6, 6.07) is 6.53. The molecule has 0 spiro atoms. The second-order valence-electron chi connectivity index (χ2n) is 8.76. The number of piperidine rings is 1. The van der Waals surface area contributed by atoms with Gasteiger partial charge in [0.25, 0.3) is 5.56 Å². The van der Waals surface area contributed by atoms with E-state index in [0.29, 0.717) is 16.8 Å². The van der Waals surface area contributed by atoms with E-state index in [9.17, 15) is 18.0 Å². The summed E-state index contributed by atoms with van der Waals surface area (Å²) in [5.74, 6) is 0.945. The van der Waals surface area contributed by atoms with Crippen LogP contribution in [-0.2, 0) is 21.9 Å². The minimum atomic E-state index is -3.71. The van der Waals surface area contributed by atoms with Gasteiger partial charge in [-0.25, -0.2) is 13.1 Å². The number of thiophene rings is 1. The third-order valence-electron chi connectivity index (χ3n) is 6.33. The van der Waals surface area contributed by atoms with Gasteiger partial charge in [0.15, 0.2) is 0 Å². The van der Waals surface area contributed by atoms with E-state index in [-0.39, 0.29) is 30.6 Å². The molecule has 2 aliphatic heterocycles. The van der Waals surface area contributed by atoms with Gasteiger partial charge in [-0.3, -0.25) is 9.59 Å². The van der Waals surface area contributed by atoms with Crippen LogP contribution >= 0.6 is 22.9 Å². The number of anilines is 1. The molecule has 0 radical (unpaired) electrons. The summed E-state index contributed by atoms with van der Waals surface area (Å²) in [5, 5.41) is 5.47. The molecule has 184 valence electrons. The number of halogens is 1. The number of hydrogen-bond donors (Lipinski definition) is 0. The number of piperazine rings is 1. The molecule has 2 aromatic heterocycles. The minimum absolute atomic E-state index is 0.140. The molecule has 34 heavy (non-hydrogen) atoms. The van der Waals surface area contributed by atoms with Crippen LogP contribution in [0.4, 0.5) is 5.82 Å². The number of aryl methyl sites for hydroxylation is 1. The van der Waals surface area contributed by atoms with Crippen LogP contribution in [0.1, 0.15) is 24.6 Å². The van der Waals surface area contributed by atoms with Gasteiger partial charge in [0, 0.05) is 55.6 Å². The summed E-state index contributed by atoms with van der Waals surface area (Å²) < 4.78 is 28.7. The number of rotatable bonds is 6. The Morgan fingerprint density at radius 1 is 1.18 bits per heavy atom. The molecule has 9 nitrogen and oxygen atoms in total. The van der Waals surface area contributed by atoms with Crippen LogP contribution in [0.15, 0.2) is 34.5 Å². The van der Waals surface area contributed by atoms with Gasteiger partial charge >= 0.3 is 0 Å². The second kappa shape index (κ2) is 10.2.